The fourth-order valence-electron chi connectivity index (χ4n) is 1.58. The van der Waals surface area contributed by atoms with E-state index in [1.165, 1.54) is 0 Å². The quantitative estimate of drug-likeness (QED) is 0.685. The molecule has 3 nitrogen and oxygen atoms in total. The molecule has 0 spiro atoms. The van der Waals surface area contributed by atoms with Crippen LogP contribution in [0.3, 0.4) is 0 Å². The van der Waals surface area contributed by atoms with Gasteiger partial charge in [0.25, 0.3) is 0 Å². The van der Waals surface area contributed by atoms with Crippen LogP contribution in [0.4, 0.5) is 0 Å². The first kappa shape index (κ1) is 9.24. The molecule has 1 unspecified atom stereocenters. The van der Waals surface area contributed by atoms with Gasteiger partial charge in [-0.05, 0) is 24.6 Å². The Balaban J connectivity index is 2.35. The molecule has 3 N–H and O–H groups in total. The second-order valence-corrected chi connectivity index (χ2v) is 3.39. The van der Waals surface area contributed by atoms with Crippen molar-refractivity contribution in [1.29, 1.82) is 0 Å². The van der Waals surface area contributed by atoms with E-state index in [4.69, 9.17) is 0 Å². The Morgan fingerprint density at radius 2 is 2.21 bits per heavy atom. The van der Waals surface area contributed by atoms with Crippen molar-refractivity contribution in [3.05, 3.63) is 36.0 Å². The molecule has 0 amide bonds. The summed E-state index contributed by atoms with van der Waals surface area (Å²) in [6, 6.07) is 9.99. The molecule has 0 bridgehead atoms. The van der Waals surface area contributed by atoms with E-state index >= 15 is 0 Å². The molecule has 1 heterocycles. The number of hydrogen-bond donors (Lipinski definition) is 3. The zero-order chi connectivity index (χ0) is 9.97. The summed E-state index contributed by atoms with van der Waals surface area (Å²) in [5.41, 5.74) is 1.93. The van der Waals surface area contributed by atoms with Gasteiger partial charge in [0.05, 0.1) is 0 Å². The van der Waals surface area contributed by atoms with Gasteiger partial charge in [0.2, 0.25) is 0 Å². The number of benzene rings is 1. The molecule has 0 radical (unpaired) electrons. The summed E-state index contributed by atoms with van der Waals surface area (Å²) < 4.78 is 0. The second-order valence-electron chi connectivity index (χ2n) is 3.39. The van der Waals surface area contributed by atoms with Crippen molar-refractivity contribution in [2.75, 3.05) is 13.6 Å². The van der Waals surface area contributed by atoms with Gasteiger partial charge in [-0.3, -0.25) is 0 Å². The van der Waals surface area contributed by atoms with Crippen molar-refractivity contribution < 1.29 is 5.11 Å². The molecule has 1 aromatic heterocycles. The van der Waals surface area contributed by atoms with E-state index in [0.29, 0.717) is 6.54 Å². The van der Waals surface area contributed by atoms with Crippen LogP contribution in [0.15, 0.2) is 30.3 Å². The minimum Gasteiger partial charge on any atom is -0.386 e. The van der Waals surface area contributed by atoms with Crippen LogP contribution in [-0.4, -0.2) is 23.7 Å². The number of rotatable bonds is 3. The first-order chi connectivity index (χ1) is 6.81. The molecule has 0 aliphatic heterocycles. The average Bonchev–Trinajstić information content (AvgIpc) is 2.61. The molecule has 2 rings (SSSR count). The third-order valence-corrected chi connectivity index (χ3v) is 2.31. The molecule has 74 valence electrons. The summed E-state index contributed by atoms with van der Waals surface area (Å²) in [6.45, 7) is 0.562. The number of nitrogens with one attached hydrogen (secondary N) is 2. The monoisotopic (exact) mass is 190 g/mol. The first-order valence-electron chi connectivity index (χ1n) is 4.71. The Morgan fingerprint density at radius 1 is 1.43 bits per heavy atom. The van der Waals surface area contributed by atoms with Gasteiger partial charge < -0.3 is 15.4 Å². The third kappa shape index (κ3) is 1.64. The number of hydrogen-bond acceptors (Lipinski definition) is 2. The van der Waals surface area contributed by atoms with Crippen molar-refractivity contribution in [2.45, 2.75) is 6.10 Å². The second kappa shape index (κ2) is 3.82. The molecule has 14 heavy (non-hydrogen) atoms. The summed E-state index contributed by atoms with van der Waals surface area (Å²) in [5, 5.41) is 13.8. The van der Waals surface area contributed by atoms with E-state index < -0.39 is 6.10 Å². The van der Waals surface area contributed by atoms with E-state index in [2.05, 4.69) is 10.3 Å². The summed E-state index contributed by atoms with van der Waals surface area (Å²) in [6.07, 6.45) is -0.465. The highest BCUT2D eigenvalue weighted by Crippen LogP contribution is 2.19. The molecule has 0 aliphatic carbocycles. The third-order valence-electron chi connectivity index (χ3n) is 2.31. The number of likely N-dealkylation sites (N-methyl/N-ethyl adjacent to an activating group) is 1. The lowest BCUT2D eigenvalue weighted by Crippen LogP contribution is -2.16. The number of H-pyrrole nitrogens is 1. The zero-order valence-corrected chi connectivity index (χ0v) is 8.12. The van der Waals surface area contributed by atoms with Gasteiger partial charge in [-0.15, -0.1) is 0 Å². The highest BCUT2D eigenvalue weighted by atomic mass is 16.3. The van der Waals surface area contributed by atoms with Crippen LogP contribution in [0, 0.1) is 0 Å². The van der Waals surface area contributed by atoms with Gasteiger partial charge in [-0.1, -0.05) is 18.2 Å². The van der Waals surface area contributed by atoms with Gasteiger partial charge >= 0.3 is 0 Å². The van der Waals surface area contributed by atoms with Crippen molar-refractivity contribution in [2.24, 2.45) is 0 Å². The predicted octanol–water partition coefficient (Wildman–Crippen LogP) is 1.42. The lowest BCUT2D eigenvalue weighted by atomic mass is 10.2. The minimum atomic E-state index is -0.465. The van der Waals surface area contributed by atoms with Gasteiger partial charge in [0.1, 0.15) is 6.10 Å². The molecule has 1 atom stereocenters. The lowest BCUT2D eigenvalue weighted by Gasteiger charge is -2.06. The van der Waals surface area contributed by atoms with Gasteiger partial charge in [-0.2, -0.15) is 0 Å². The van der Waals surface area contributed by atoms with Crippen LogP contribution in [0.2, 0.25) is 0 Å². The van der Waals surface area contributed by atoms with Gasteiger partial charge in [-0.25, -0.2) is 0 Å². The number of para-hydroxylation sites is 1. The Kier molecular flexibility index (Phi) is 2.52. The summed E-state index contributed by atoms with van der Waals surface area (Å²) >= 11 is 0. The van der Waals surface area contributed by atoms with E-state index in [9.17, 15) is 5.11 Å². The Bertz CT molecular complexity index is 389. The number of fused-ring (bicyclic) bond motifs is 1. The number of aromatic amines is 1. The molecular formula is C11H14N2O. The standard InChI is InChI=1S/C11H14N2O/c1-12-7-11(14)10-6-8-4-2-3-5-9(8)13-10/h2-6,11-14H,7H2,1H3. The highest BCUT2D eigenvalue weighted by Gasteiger charge is 2.08. The minimum absolute atomic E-state index is 0.465. The Morgan fingerprint density at radius 3 is 2.93 bits per heavy atom. The predicted molar refractivity (Wildman–Crippen MR) is 57.2 cm³/mol. The maximum atomic E-state index is 9.73. The van der Waals surface area contributed by atoms with Crippen LogP contribution in [-0.2, 0) is 0 Å². The highest BCUT2D eigenvalue weighted by molar-refractivity contribution is 5.80. The fourth-order valence-corrected chi connectivity index (χ4v) is 1.58. The number of aromatic nitrogens is 1. The van der Waals surface area contributed by atoms with Crippen molar-refractivity contribution in [1.82, 2.24) is 10.3 Å². The lowest BCUT2D eigenvalue weighted by molar-refractivity contribution is 0.174. The van der Waals surface area contributed by atoms with Gasteiger partial charge in [0, 0.05) is 17.8 Å². The van der Waals surface area contributed by atoms with Crippen molar-refractivity contribution in [3.8, 4) is 0 Å². The molecule has 0 saturated heterocycles. The molecule has 0 aliphatic rings. The number of aliphatic hydroxyl groups is 1. The smallest absolute Gasteiger partial charge is 0.106 e. The molecule has 0 fully saturated rings. The normalized spacial score (nSPS) is 13.3. The first-order valence-corrected chi connectivity index (χ1v) is 4.71. The SMILES string of the molecule is CNCC(O)c1cc2ccccc2[nH]1. The number of aliphatic hydroxyl groups excluding tert-OH is 1. The molecule has 2 aromatic rings. The summed E-state index contributed by atoms with van der Waals surface area (Å²) in [7, 11) is 1.83. The van der Waals surface area contributed by atoms with Crippen LogP contribution in [0.25, 0.3) is 10.9 Å². The molecular weight excluding hydrogens is 176 g/mol. The maximum absolute atomic E-state index is 9.73. The maximum Gasteiger partial charge on any atom is 0.106 e. The van der Waals surface area contributed by atoms with E-state index in [1.54, 1.807) is 0 Å². The van der Waals surface area contributed by atoms with Crippen LogP contribution < -0.4 is 5.32 Å². The molecule has 1 aromatic carbocycles. The van der Waals surface area contributed by atoms with Crippen molar-refractivity contribution in [3.63, 3.8) is 0 Å². The fraction of sp³-hybridized carbons (Fsp3) is 0.273. The van der Waals surface area contributed by atoms with E-state index in [1.807, 2.05) is 37.4 Å². The van der Waals surface area contributed by atoms with E-state index in [-0.39, 0.29) is 0 Å². The largest absolute Gasteiger partial charge is 0.386 e. The zero-order valence-electron chi connectivity index (χ0n) is 8.12. The molecule has 0 saturated carbocycles. The van der Waals surface area contributed by atoms with Gasteiger partial charge in [0.15, 0.2) is 0 Å². The van der Waals surface area contributed by atoms with Crippen molar-refractivity contribution >= 4 is 10.9 Å². The van der Waals surface area contributed by atoms with E-state index in [0.717, 1.165) is 16.6 Å². The summed E-state index contributed by atoms with van der Waals surface area (Å²) in [4.78, 5) is 3.19. The Hall–Kier alpha value is -1.32. The summed E-state index contributed by atoms with van der Waals surface area (Å²) in [5.74, 6) is 0. The molecule has 3 heteroatoms. The van der Waals surface area contributed by atoms with Crippen LogP contribution >= 0.6 is 0 Å². The topological polar surface area (TPSA) is 48.0 Å². The Labute approximate surface area is 82.8 Å². The van der Waals surface area contributed by atoms with Crippen LogP contribution in [0.5, 0.6) is 0 Å². The average molecular weight is 190 g/mol. The van der Waals surface area contributed by atoms with Crippen LogP contribution in [0.1, 0.15) is 11.8 Å².